The first-order valence-corrected chi connectivity index (χ1v) is 7.05. The Bertz CT molecular complexity index is 431. The number of esters is 1. The topological polar surface area (TPSA) is 46.6 Å². The first-order chi connectivity index (χ1) is 9.60. The van der Waals surface area contributed by atoms with Crippen LogP contribution in [0.1, 0.15) is 38.2 Å². The Morgan fingerprint density at radius 2 is 1.85 bits per heavy atom. The monoisotopic (exact) mass is 277 g/mol. The fourth-order valence-electron chi connectivity index (χ4n) is 2.11. The molecule has 1 atom stereocenters. The lowest BCUT2D eigenvalue weighted by atomic mass is 9.95. The molecule has 0 bridgehead atoms. The van der Waals surface area contributed by atoms with E-state index in [0.717, 1.165) is 12.0 Å². The van der Waals surface area contributed by atoms with E-state index in [2.05, 4.69) is 0 Å². The van der Waals surface area contributed by atoms with Gasteiger partial charge in [-0.3, -0.25) is 9.59 Å². The Kier molecular flexibility index (Phi) is 6.77. The van der Waals surface area contributed by atoms with Crippen molar-refractivity contribution in [3.8, 4) is 0 Å². The second kappa shape index (κ2) is 8.35. The summed E-state index contributed by atoms with van der Waals surface area (Å²) >= 11 is 0. The molecule has 0 fully saturated rings. The van der Waals surface area contributed by atoms with Crippen LogP contribution in [0.3, 0.4) is 0 Å². The van der Waals surface area contributed by atoms with Crippen LogP contribution in [0.15, 0.2) is 30.3 Å². The number of amides is 1. The van der Waals surface area contributed by atoms with Gasteiger partial charge in [-0.1, -0.05) is 37.3 Å². The summed E-state index contributed by atoms with van der Waals surface area (Å²) in [5.41, 5.74) is 1.02. The first-order valence-electron chi connectivity index (χ1n) is 7.05. The third kappa shape index (κ3) is 4.68. The van der Waals surface area contributed by atoms with Gasteiger partial charge >= 0.3 is 5.97 Å². The molecule has 0 spiro atoms. The number of rotatable bonds is 7. The van der Waals surface area contributed by atoms with Crippen molar-refractivity contribution >= 4 is 11.9 Å². The minimum atomic E-state index is -0.264. The van der Waals surface area contributed by atoms with Crippen LogP contribution in [0.5, 0.6) is 0 Å². The van der Waals surface area contributed by atoms with Gasteiger partial charge in [0.25, 0.3) is 0 Å². The van der Waals surface area contributed by atoms with Crippen LogP contribution < -0.4 is 0 Å². The van der Waals surface area contributed by atoms with E-state index in [0.29, 0.717) is 13.2 Å². The summed E-state index contributed by atoms with van der Waals surface area (Å²) in [6.45, 7) is 4.53. The average Bonchev–Trinajstić information content (AvgIpc) is 2.47. The second-order valence-electron chi connectivity index (χ2n) is 4.69. The smallest absolute Gasteiger partial charge is 0.307 e. The number of carbonyl (C=O) groups is 2. The van der Waals surface area contributed by atoms with E-state index < -0.39 is 0 Å². The number of hydrogen-bond acceptors (Lipinski definition) is 3. The molecule has 1 unspecified atom stereocenters. The van der Waals surface area contributed by atoms with E-state index in [-0.39, 0.29) is 24.2 Å². The predicted octanol–water partition coefficient (Wildman–Crippen LogP) is 2.59. The van der Waals surface area contributed by atoms with E-state index in [1.807, 2.05) is 37.3 Å². The summed E-state index contributed by atoms with van der Waals surface area (Å²) < 4.78 is 4.87. The van der Waals surface area contributed by atoms with Gasteiger partial charge in [0, 0.05) is 13.6 Å². The van der Waals surface area contributed by atoms with E-state index in [4.69, 9.17) is 4.74 Å². The number of hydrogen-bond donors (Lipinski definition) is 0. The molecule has 4 nitrogen and oxygen atoms in total. The quantitative estimate of drug-likeness (QED) is 0.720. The Balaban J connectivity index is 2.60. The minimum absolute atomic E-state index is 0.0444. The summed E-state index contributed by atoms with van der Waals surface area (Å²) in [5, 5.41) is 0. The van der Waals surface area contributed by atoms with Gasteiger partial charge in [-0.15, -0.1) is 0 Å². The van der Waals surface area contributed by atoms with Crippen LogP contribution in [-0.4, -0.2) is 37.0 Å². The lowest BCUT2D eigenvalue weighted by molar-refractivity contribution is -0.144. The van der Waals surface area contributed by atoms with Crippen molar-refractivity contribution in [1.29, 1.82) is 0 Å². The number of benzene rings is 1. The van der Waals surface area contributed by atoms with Crippen molar-refractivity contribution in [2.45, 2.75) is 32.6 Å². The molecule has 0 aliphatic carbocycles. The van der Waals surface area contributed by atoms with E-state index in [1.165, 1.54) is 0 Å². The fourth-order valence-corrected chi connectivity index (χ4v) is 2.11. The zero-order valence-corrected chi connectivity index (χ0v) is 12.5. The van der Waals surface area contributed by atoms with Crippen molar-refractivity contribution in [2.24, 2.45) is 0 Å². The molecule has 1 amide bonds. The molecule has 0 radical (unpaired) electrons. The molecular formula is C16H23NO3. The maximum Gasteiger partial charge on any atom is 0.307 e. The van der Waals surface area contributed by atoms with Gasteiger partial charge in [-0.2, -0.15) is 0 Å². The zero-order chi connectivity index (χ0) is 15.0. The number of nitrogens with zero attached hydrogens (tertiary/aromatic N) is 1. The molecular weight excluding hydrogens is 254 g/mol. The Morgan fingerprint density at radius 1 is 1.20 bits per heavy atom. The van der Waals surface area contributed by atoms with Crippen molar-refractivity contribution in [3.63, 3.8) is 0 Å². The highest BCUT2D eigenvalue weighted by atomic mass is 16.5. The van der Waals surface area contributed by atoms with Crippen LogP contribution >= 0.6 is 0 Å². The summed E-state index contributed by atoms with van der Waals surface area (Å²) in [7, 11) is 1.73. The zero-order valence-electron chi connectivity index (χ0n) is 12.5. The Hall–Kier alpha value is -1.84. The standard InChI is InChI=1S/C16H23NO3/c1-4-14(13-9-7-6-8-10-13)16(19)17(3)12-11-15(18)20-5-2/h6-10,14H,4-5,11-12H2,1-3H3. The molecule has 4 heteroatoms. The molecule has 1 aromatic rings. The lowest BCUT2D eigenvalue weighted by Gasteiger charge is -2.23. The third-order valence-electron chi connectivity index (χ3n) is 3.24. The predicted molar refractivity (Wildman–Crippen MR) is 78.4 cm³/mol. The molecule has 110 valence electrons. The summed E-state index contributed by atoms with van der Waals surface area (Å²) in [5.74, 6) is -0.369. The van der Waals surface area contributed by atoms with Crippen LogP contribution in [0.4, 0.5) is 0 Å². The number of carbonyl (C=O) groups excluding carboxylic acids is 2. The molecule has 0 aromatic heterocycles. The van der Waals surface area contributed by atoms with Crippen molar-refractivity contribution in [2.75, 3.05) is 20.2 Å². The normalized spacial score (nSPS) is 11.8. The first kappa shape index (κ1) is 16.2. The van der Waals surface area contributed by atoms with Crippen LogP contribution in [0.2, 0.25) is 0 Å². The largest absolute Gasteiger partial charge is 0.466 e. The lowest BCUT2D eigenvalue weighted by Crippen LogP contribution is -2.33. The Morgan fingerprint density at radius 3 is 2.40 bits per heavy atom. The fraction of sp³-hybridized carbons (Fsp3) is 0.500. The van der Waals surface area contributed by atoms with Crippen molar-refractivity contribution < 1.29 is 14.3 Å². The third-order valence-corrected chi connectivity index (χ3v) is 3.24. The minimum Gasteiger partial charge on any atom is -0.466 e. The van der Waals surface area contributed by atoms with Gasteiger partial charge in [0.2, 0.25) is 5.91 Å². The van der Waals surface area contributed by atoms with Crippen molar-refractivity contribution in [3.05, 3.63) is 35.9 Å². The SMILES string of the molecule is CCOC(=O)CCN(C)C(=O)C(CC)c1ccccc1. The maximum atomic E-state index is 12.4. The van der Waals surface area contributed by atoms with Crippen molar-refractivity contribution in [1.82, 2.24) is 4.90 Å². The number of ether oxygens (including phenoxy) is 1. The molecule has 0 N–H and O–H groups in total. The molecule has 0 aliphatic heterocycles. The summed E-state index contributed by atoms with van der Waals surface area (Å²) in [6, 6.07) is 9.73. The average molecular weight is 277 g/mol. The van der Waals surface area contributed by atoms with Crippen LogP contribution in [0.25, 0.3) is 0 Å². The summed E-state index contributed by atoms with van der Waals surface area (Å²) in [6.07, 6.45) is 0.980. The second-order valence-corrected chi connectivity index (χ2v) is 4.69. The Labute approximate surface area is 120 Å². The van der Waals surface area contributed by atoms with Gasteiger partial charge in [0.05, 0.1) is 18.9 Å². The van der Waals surface area contributed by atoms with Gasteiger partial charge in [-0.25, -0.2) is 0 Å². The number of likely N-dealkylation sites (N-methyl/N-ethyl adjacent to an activating group) is 1. The van der Waals surface area contributed by atoms with Gasteiger partial charge in [0.15, 0.2) is 0 Å². The highest BCUT2D eigenvalue weighted by Gasteiger charge is 2.22. The van der Waals surface area contributed by atoms with E-state index >= 15 is 0 Å². The highest BCUT2D eigenvalue weighted by Crippen LogP contribution is 2.21. The molecule has 0 saturated heterocycles. The maximum absolute atomic E-state index is 12.4. The molecule has 20 heavy (non-hydrogen) atoms. The van der Waals surface area contributed by atoms with Crippen LogP contribution in [-0.2, 0) is 14.3 Å². The highest BCUT2D eigenvalue weighted by molar-refractivity contribution is 5.84. The van der Waals surface area contributed by atoms with Gasteiger partial charge in [0.1, 0.15) is 0 Å². The van der Waals surface area contributed by atoms with Crippen LogP contribution in [0, 0.1) is 0 Å². The van der Waals surface area contributed by atoms with E-state index in [9.17, 15) is 9.59 Å². The molecule has 0 saturated carbocycles. The van der Waals surface area contributed by atoms with Gasteiger partial charge < -0.3 is 9.64 Å². The molecule has 1 rings (SSSR count). The molecule has 0 aliphatic rings. The summed E-state index contributed by atoms with van der Waals surface area (Å²) in [4.78, 5) is 25.3. The van der Waals surface area contributed by atoms with E-state index in [1.54, 1.807) is 18.9 Å². The van der Waals surface area contributed by atoms with Gasteiger partial charge in [-0.05, 0) is 18.9 Å². The molecule has 1 aromatic carbocycles. The molecule has 0 heterocycles.